The largest absolute Gasteiger partial charge is 0.190 e. The van der Waals surface area contributed by atoms with Gasteiger partial charge in [-0.05, 0) is 45.4 Å². The van der Waals surface area contributed by atoms with E-state index >= 15 is 0 Å². The summed E-state index contributed by atoms with van der Waals surface area (Å²) in [5, 5.41) is 0.933. The molecule has 0 heterocycles. The molecule has 0 aliphatic heterocycles. The molecule has 0 N–H and O–H groups in total. The quantitative estimate of drug-likeness (QED) is 0.680. The van der Waals surface area contributed by atoms with Crippen LogP contribution < -0.4 is 0 Å². The molecule has 0 aliphatic rings. The first-order valence-corrected chi connectivity index (χ1v) is 8.45. The van der Waals surface area contributed by atoms with Crippen molar-refractivity contribution in [2.45, 2.75) is 31.9 Å². The summed E-state index contributed by atoms with van der Waals surface area (Å²) in [7, 11) is -0.295. The molecule has 0 aliphatic carbocycles. The van der Waals surface area contributed by atoms with E-state index in [2.05, 4.69) is 47.6 Å². The van der Waals surface area contributed by atoms with E-state index in [0.717, 1.165) is 5.25 Å². The average molecular weight is 260 g/mol. The fraction of sp³-hybridized carbons (Fsp3) is 1.00. The van der Waals surface area contributed by atoms with Crippen LogP contribution in [0.4, 0.5) is 0 Å². The van der Waals surface area contributed by atoms with Gasteiger partial charge >= 0.3 is 0 Å². The molecule has 0 spiro atoms. The molecular weight excluding hydrogens is 243 g/mol. The van der Waals surface area contributed by atoms with Crippen LogP contribution >= 0.6 is 28.4 Å². The van der Waals surface area contributed by atoms with Crippen LogP contribution in [0, 0.1) is 0 Å². The van der Waals surface area contributed by atoms with Gasteiger partial charge in [-0.2, -0.15) is 7.20 Å². The minimum atomic E-state index is -0.295. The summed E-state index contributed by atoms with van der Waals surface area (Å²) in [6.07, 6.45) is 7.49. The highest BCUT2D eigenvalue weighted by atomic mass is 127. The van der Waals surface area contributed by atoms with Crippen molar-refractivity contribution in [2.24, 2.45) is 0 Å². The zero-order chi connectivity index (χ0) is 7.49. The maximum absolute atomic E-state index is 2.61. The van der Waals surface area contributed by atoms with Crippen molar-refractivity contribution < 1.29 is 0 Å². The van der Waals surface area contributed by atoms with E-state index in [4.69, 9.17) is 0 Å². The number of hydrogen-bond donors (Lipinski definition) is 0. The lowest BCUT2D eigenvalue weighted by molar-refractivity contribution is 0.785. The molecule has 2 heteroatoms. The van der Waals surface area contributed by atoms with Crippen molar-refractivity contribution in [3.63, 3.8) is 0 Å². The van der Waals surface area contributed by atoms with Crippen LogP contribution in [0.15, 0.2) is 0 Å². The summed E-state index contributed by atoms with van der Waals surface area (Å²) in [5.74, 6) is 0. The molecule has 1 atom stereocenters. The Morgan fingerprint density at radius 1 is 1.44 bits per heavy atom. The Morgan fingerprint density at radius 3 is 2.00 bits per heavy atom. The van der Waals surface area contributed by atoms with Gasteiger partial charge in [-0.3, -0.25) is 0 Å². The second kappa shape index (κ2) is 4.06. The van der Waals surface area contributed by atoms with Crippen molar-refractivity contribution in [1.29, 1.82) is 0 Å². The lowest BCUT2D eigenvalue weighted by atomic mass is 10.3. The van der Waals surface area contributed by atoms with Crippen LogP contribution in [0.2, 0.25) is 0 Å². The zero-order valence-corrected chi connectivity index (χ0v) is 9.75. The average Bonchev–Trinajstić information content (AvgIpc) is 1.64. The first-order valence-electron chi connectivity index (χ1n) is 3.40. The van der Waals surface area contributed by atoms with Gasteiger partial charge in [0.1, 0.15) is 0 Å². The van der Waals surface area contributed by atoms with Crippen LogP contribution in [0.25, 0.3) is 0 Å². The van der Waals surface area contributed by atoms with Crippen molar-refractivity contribution in [1.82, 2.24) is 0 Å². The lowest BCUT2D eigenvalue weighted by Gasteiger charge is -2.30. The number of rotatable bonds is 3. The molecule has 0 rings (SSSR count). The Kier molecular flexibility index (Phi) is 4.55. The topological polar surface area (TPSA) is 0 Å². The summed E-state index contributed by atoms with van der Waals surface area (Å²) in [6.45, 7) is 4.63. The Bertz CT molecular complexity index is 75.5. The number of halogens is 1. The van der Waals surface area contributed by atoms with Crippen molar-refractivity contribution in [3.8, 4) is 0 Å². The molecule has 0 bridgehead atoms. The first-order chi connectivity index (χ1) is 3.98. The highest BCUT2D eigenvalue weighted by Gasteiger charge is 2.14. The molecule has 0 aromatic rings. The Labute approximate surface area is 72.7 Å². The molecular formula is C7H17IS. The van der Waals surface area contributed by atoms with Crippen LogP contribution in [0.1, 0.15) is 26.7 Å². The molecule has 0 aromatic carbocycles. The van der Waals surface area contributed by atoms with E-state index in [0.29, 0.717) is 0 Å². The highest BCUT2D eigenvalue weighted by Crippen LogP contribution is 2.54. The van der Waals surface area contributed by atoms with E-state index < -0.39 is 0 Å². The predicted molar refractivity (Wildman–Crippen MR) is 57.8 cm³/mol. The SMILES string of the molecule is CCCC(C)S(C)(C)I. The molecule has 58 valence electrons. The van der Waals surface area contributed by atoms with Crippen LogP contribution in [-0.2, 0) is 0 Å². The molecule has 0 radical (unpaired) electrons. The first kappa shape index (κ1) is 10.1. The van der Waals surface area contributed by atoms with Crippen LogP contribution in [0.3, 0.4) is 0 Å². The molecule has 1 unspecified atom stereocenters. The fourth-order valence-electron chi connectivity index (χ4n) is 0.687. The summed E-state index contributed by atoms with van der Waals surface area (Å²) in [6, 6.07) is 0. The summed E-state index contributed by atoms with van der Waals surface area (Å²) >= 11 is 2.61. The van der Waals surface area contributed by atoms with Crippen molar-refractivity contribution >= 4 is 28.4 Å². The molecule has 0 amide bonds. The van der Waals surface area contributed by atoms with E-state index in [1.54, 1.807) is 0 Å². The summed E-state index contributed by atoms with van der Waals surface area (Å²) in [5.41, 5.74) is 0. The van der Waals surface area contributed by atoms with Gasteiger partial charge in [0.25, 0.3) is 0 Å². The second-order valence-corrected chi connectivity index (χ2v) is 13.0. The molecule has 0 fully saturated rings. The zero-order valence-electron chi connectivity index (χ0n) is 6.78. The smallest absolute Gasteiger partial charge is 0.00625 e. The van der Waals surface area contributed by atoms with Crippen molar-refractivity contribution in [2.75, 3.05) is 12.5 Å². The van der Waals surface area contributed by atoms with Gasteiger partial charge < -0.3 is 0 Å². The standard InChI is InChI=1S/C7H17IS/c1-5-6-7(2)9(3,4)8/h7H,5-6H2,1-4H3. The van der Waals surface area contributed by atoms with Gasteiger partial charge in [0.05, 0.1) is 0 Å². The minimum absolute atomic E-state index is 0.295. The van der Waals surface area contributed by atoms with Gasteiger partial charge in [0.15, 0.2) is 0 Å². The Hall–Kier alpha value is 1.08. The van der Waals surface area contributed by atoms with Gasteiger partial charge in [-0.1, -0.05) is 20.3 Å². The fourth-order valence-corrected chi connectivity index (χ4v) is 2.25. The van der Waals surface area contributed by atoms with E-state index in [-0.39, 0.29) is 7.20 Å². The highest BCUT2D eigenvalue weighted by molar-refractivity contribution is 14.2. The van der Waals surface area contributed by atoms with E-state index in [1.165, 1.54) is 12.8 Å². The minimum Gasteiger partial charge on any atom is -0.190 e. The third-order valence-corrected chi connectivity index (χ3v) is 6.41. The molecule has 0 aromatic heterocycles. The van der Waals surface area contributed by atoms with Crippen molar-refractivity contribution in [3.05, 3.63) is 0 Å². The summed E-state index contributed by atoms with van der Waals surface area (Å²) in [4.78, 5) is 0. The number of hydrogen-bond acceptors (Lipinski definition) is 0. The monoisotopic (exact) mass is 260 g/mol. The maximum atomic E-state index is 2.61. The Morgan fingerprint density at radius 2 is 1.89 bits per heavy atom. The Balaban J connectivity index is 3.59. The van der Waals surface area contributed by atoms with Crippen LogP contribution in [0.5, 0.6) is 0 Å². The third kappa shape index (κ3) is 4.48. The maximum Gasteiger partial charge on any atom is -0.00625 e. The third-order valence-electron chi connectivity index (χ3n) is 1.65. The van der Waals surface area contributed by atoms with Gasteiger partial charge in [-0.15, -0.1) is 0 Å². The molecule has 0 nitrogen and oxygen atoms in total. The molecule has 0 saturated heterocycles. The van der Waals surface area contributed by atoms with Gasteiger partial charge in [0, 0.05) is 0 Å². The van der Waals surface area contributed by atoms with Crippen LogP contribution in [-0.4, -0.2) is 17.8 Å². The molecule has 0 saturated carbocycles. The predicted octanol–water partition coefficient (Wildman–Crippen LogP) is 3.59. The van der Waals surface area contributed by atoms with E-state index in [1.807, 2.05) is 0 Å². The van der Waals surface area contributed by atoms with Gasteiger partial charge in [0.2, 0.25) is 0 Å². The summed E-state index contributed by atoms with van der Waals surface area (Å²) < 4.78 is 0. The molecule has 9 heavy (non-hydrogen) atoms. The second-order valence-electron chi connectivity index (χ2n) is 2.88. The normalized spacial score (nSPS) is 17.4. The van der Waals surface area contributed by atoms with Gasteiger partial charge in [-0.25, -0.2) is 0 Å². The lowest BCUT2D eigenvalue weighted by Crippen LogP contribution is -2.05. The van der Waals surface area contributed by atoms with E-state index in [9.17, 15) is 0 Å².